The van der Waals surface area contributed by atoms with Gasteiger partial charge in [-0.05, 0) is 72.6 Å². The van der Waals surface area contributed by atoms with E-state index in [1.54, 1.807) is 0 Å². The van der Waals surface area contributed by atoms with E-state index in [2.05, 4.69) is 87.7 Å². The summed E-state index contributed by atoms with van der Waals surface area (Å²) >= 11 is 3.69. The zero-order valence-electron chi connectivity index (χ0n) is 30.6. The van der Waals surface area contributed by atoms with Crippen molar-refractivity contribution in [3.63, 3.8) is 0 Å². The standard InChI is InChI=1S/C28H22NS2.C15H28O2.Ir/c1-16-15-30-21-9-10-22-25(24(16)21)26-23(31-22)11-12-29-27(26)18-13-17-7-5-6-8-19(17)20(14-18)28(2,3)4;1-7-14(5,8-2)12(16)11-13(17)15(6,9-3)10-4;/h5-12,14-15H,1-4H3;11,16H,7-10H2,1-6H3;/q-1;;/b;12-11-;. The minimum absolute atomic E-state index is 0. The summed E-state index contributed by atoms with van der Waals surface area (Å²) in [7, 11) is 0. The maximum Gasteiger partial charge on any atom is 0.164 e. The van der Waals surface area contributed by atoms with Gasteiger partial charge < -0.3 is 5.11 Å². The summed E-state index contributed by atoms with van der Waals surface area (Å²) < 4.78 is 3.96. The number of carbonyl (C=O) groups excluding carboxylic acids is 1. The van der Waals surface area contributed by atoms with E-state index in [1.165, 1.54) is 52.8 Å². The summed E-state index contributed by atoms with van der Waals surface area (Å²) in [4.78, 5) is 17.1. The number of rotatable bonds is 8. The molecule has 6 rings (SSSR count). The van der Waals surface area contributed by atoms with Crippen LogP contribution in [0.4, 0.5) is 0 Å². The number of pyridine rings is 1. The first-order valence-electron chi connectivity index (χ1n) is 17.3. The molecule has 0 bridgehead atoms. The van der Waals surface area contributed by atoms with Crippen LogP contribution in [-0.2, 0) is 30.3 Å². The molecular formula is C43H50IrNO2S2-. The third kappa shape index (κ3) is 7.45. The van der Waals surface area contributed by atoms with Crippen LogP contribution in [0.3, 0.4) is 0 Å². The first-order valence-corrected chi connectivity index (χ1v) is 19.0. The normalized spacial score (nSPS) is 12.7. The zero-order valence-corrected chi connectivity index (χ0v) is 34.7. The summed E-state index contributed by atoms with van der Waals surface area (Å²) in [5.41, 5.74) is 4.24. The molecule has 1 N–H and O–H groups in total. The number of ketones is 1. The van der Waals surface area contributed by atoms with E-state index in [0.29, 0.717) is 0 Å². The Labute approximate surface area is 314 Å². The molecule has 0 aliphatic rings. The third-order valence-electron chi connectivity index (χ3n) is 10.7. The molecule has 261 valence electrons. The van der Waals surface area contributed by atoms with Crippen LogP contribution in [0.15, 0.2) is 71.9 Å². The fourth-order valence-corrected chi connectivity index (χ4v) is 8.41. The number of aliphatic hydroxyl groups excluding tert-OH is 1. The van der Waals surface area contributed by atoms with Gasteiger partial charge in [-0.3, -0.25) is 9.78 Å². The molecule has 0 saturated heterocycles. The molecule has 0 saturated carbocycles. The van der Waals surface area contributed by atoms with Crippen molar-refractivity contribution in [2.45, 2.75) is 100 Å². The van der Waals surface area contributed by atoms with Crippen molar-refractivity contribution < 1.29 is 30.0 Å². The summed E-state index contributed by atoms with van der Waals surface area (Å²) in [6.07, 6.45) is 6.70. The van der Waals surface area contributed by atoms with Crippen LogP contribution in [-0.4, -0.2) is 15.9 Å². The van der Waals surface area contributed by atoms with Gasteiger partial charge >= 0.3 is 0 Å². The van der Waals surface area contributed by atoms with Crippen LogP contribution in [0.5, 0.6) is 0 Å². The van der Waals surface area contributed by atoms with Gasteiger partial charge in [0.05, 0.1) is 0 Å². The molecule has 6 aromatic rings. The van der Waals surface area contributed by atoms with Gasteiger partial charge in [-0.1, -0.05) is 91.5 Å². The van der Waals surface area contributed by atoms with Gasteiger partial charge in [0.1, 0.15) is 5.76 Å². The molecule has 0 aliphatic carbocycles. The van der Waals surface area contributed by atoms with Gasteiger partial charge in [0.2, 0.25) is 0 Å². The van der Waals surface area contributed by atoms with Crippen molar-refractivity contribution in [1.29, 1.82) is 0 Å². The molecule has 1 radical (unpaired) electrons. The average molecular weight is 869 g/mol. The number of aryl methyl sites for hydroxylation is 1. The quantitative estimate of drug-likeness (QED) is 0.0942. The summed E-state index contributed by atoms with van der Waals surface area (Å²) in [5.74, 6) is 0.286. The maximum atomic E-state index is 12.2. The van der Waals surface area contributed by atoms with Crippen molar-refractivity contribution in [2.24, 2.45) is 10.8 Å². The Morgan fingerprint density at radius 1 is 0.837 bits per heavy atom. The molecule has 0 fully saturated rings. The Balaban J connectivity index is 0.000000260. The molecule has 0 amide bonds. The number of allylic oxidation sites excluding steroid dienone is 2. The molecule has 3 aromatic carbocycles. The molecule has 0 spiro atoms. The van der Waals surface area contributed by atoms with Crippen LogP contribution in [0.2, 0.25) is 0 Å². The number of nitrogens with zero attached hydrogens (tertiary/aromatic N) is 1. The van der Waals surface area contributed by atoms with Gasteiger partial charge in [-0.2, -0.15) is 0 Å². The number of benzene rings is 3. The second kappa shape index (κ2) is 15.2. The predicted octanol–water partition coefficient (Wildman–Crippen LogP) is 13.5. The molecular weight excluding hydrogens is 819 g/mol. The molecule has 6 heteroatoms. The summed E-state index contributed by atoms with van der Waals surface area (Å²) in [5, 5.41) is 18.8. The first-order chi connectivity index (χ1) is 22.7. The van der Waals surface area contributed by atoms with Crippen molar-refractivity contribution in [3.05, 3.63) is 89.1 Å². The first kappa shape index (κ1) is 38.9. The van der Waals surface area contributed by atoms with Crippen LogP contribution < -0.4 is 0 Å². The van der Waals surface area contributed by atoms with E-state index in [1.807, 2.05) is 70.4 Å². The van der Waals surface area contributed by atoms with Crippen molar-refractivity contribution in [2.75, 3.05) is 0 Å². The van der Waals surface area contributed by atoms with Gasteiger partial charge in [0, 0.05) is 73.8 Å². The second-order valence-corrected chi connectivity index (χ2v) is 16.7. The fourth-order valence-electron chi connectivity index (χ4n) is 6.35. The van der Waals surface area contributed by atoms with E-state index < -0.39 is 0 Å². The maximum absolute atomic E-state index is 12.2. The minimum Gasteiger partial charge on any atom is -0.512 e. The van der Waals surface area contributed by atoms with E-state index in [-0.39, 0.29) is 47.9 Å². The van der Waals surface area contributed by atoms with Gasteiger partial charge in [-0.25, -0.2) is 0 Å². The summed E-state index contributed by atoms with van der Waals surface area (Å²) in [6, 6.07) is 21.3. The number of aliphatic hydroxyl groups is 1. The average Bonchev–Trinajstić information content (AvgIpc) is 3.66. The fraction of sp³-hybridized carbons (Fsp3) is 0.395. The van der Waals surface area contributed by atoms with Crippen LogP contribution in [0, 0.1) is 23.8 Å². The number of fused-ring (bicyclic) bond motifs is 6. The largest absolute Gasteiger partial charge is 0.512 e. The van der Waals surface area contributed by atoms with Crippen molar-refractivity contribution >= 4 is 69.5 Å². The number of carbonyl (C=O) groups is 1. The van der Waals surface area contributed by atoms with Crippen LogP contribution in [0.1, 0.15) is 99.1 Å². The molecule has 49 heavy (non-hydrogen) atoms. The van der Waals surface area contributed by atoms with Crippen LogP contribution in [0.25, 0.3) is 52.3 Å². The smallest absolute Gasteiger partial charge is 0.164 e. The van der Waals surface area contributed by atoms with Gasteiger partial charge in [0.25, 0.3) is 0 Å². The SMILES string of the molecule is CCC(C)(CC)C(=O)/C=C(\O)C(C)(CC)CC.Cc1csc2ccc3sc4ccnc(-c5[c-]c6ccccc6c(C(C)(C)C)c5)c4c3c12.[Ir]. The van der Waals surface area contributed by atoms with Crippen LogP contribution >= 0.6 is 22.7 Å². The Morgan fingerprint density at radius 3 is 2.08 bits per heavy atom. The van der Waals surface area contributed by atoms with E-state index in [9.17, 15) is 9.90 Å². The Morgan fingerprint density at radius 2 is 1.45 bits per heavy atom. The Kier molecular flexibility index (Phi) is 12.0. The van der Waals surface area contributed by atoms with Gasteiger partial charge in [0.15, 0.2) is 5.78 Å². The molecule has 0 unspecified atom stereocenters. The van der Waals surface area contributed by atoms with E-state index in [0.717, 1.165) is 42.3 Å². The zero-order chi connectivity index (χ0) is 35.0. The van der Waals surface area contributed by atoms with E-state index in [4.69, 9.17) is 4.98 Å². The molecule has 0 aliphatic heterocycles. The monoisotopic (exact) mass is 869 g/mol. The molecule has 3 nitrogen and oxygen atoms in total. The van der Waals surface area contributed by atoms with Gasteiger partial charge in [-0.15, -0.1) is 51.8 Å². The second-order valence-electron chi connectivity index (χ2n) is 14.7. The molecule has 0 atom stereocenters. The number of hydrogen-bond donors (Lipinski definition) is 1. The minimum atomic E-state index is -0.337. The Hall–Kier alpha value is -2.89. The van der Waals surface area contributed by atoms with Crippen molar-refractivity contribution in [1.82, 2.24) is 4.98 Å². The number of aromatic nitrogens is 1. The predicted molar refractivity (Wildman–Crippen MR) is 211 cm³/mol. The third-order valence-corrected chi connectivity index (χ3v) is 12.9. The van der Waals surface area contributed by atoms with E-state index >= 15 is 0 Å². The molecule has 3 aromatic heterocycles. The summed E-state index contributed by atoms with van der Waals surface area (Å²) in [6.45, 7) is 21.2. The Bertz CT molecular complexity index is 2140. The number of thiophene rings is 2. The molecule has 3 heterocycles. The number of hydrogen-bond acceptors (Lipinski definition) is 5. The van der Waals surface area contributed by atoms with Crippen molar-refractivity contribution in [3.8, 4) is 11.3 Å². The topological polar surface area (TPSA) is 50.2 Å².